The van der Waals surface area contributed by atoms with Crippen molar-refractivity contribution in [1.82, 2.24) is 4.57 Å². The highest BCUT2D eigenvalue weighted by molar-refractivity contribution is 9.10. The minimum atomic E-state index is -2.57. The van der Waals surface area contributed by atoms with Crippen molar-refractivity contribution in [2.24, 2.45) is 5.92 Å². The number of rotatable bonds is 8. The highest BCUT2D eigenvalue weighted by atomic mass is 79.9. The number of carbonyl (C=O) groups is 1. The maximum Gasteiger partial charge on any atom is 0.261 e. The number of hydrogen-bond donors (Lipinski definition) is 0. The van der Waals surface area contributed by atoms with Crippen LogP contribution in [0.4, 0.5) is 0 Å². The molecule has 0 fully saturated rings. The number of aromatic nitrogens is 1. The minimum Gasteiger partial charge on any atom is -0.407 e. The SMILES string of the molecule is CC(CO[Si](c1ccccc1)(c1ccccc1)C(C)(C)C)Cn1cc(C=O)c2ccc(Br)cc21. The quantitative estimate of drug-likeness (QED) is 0.193. The van der Waals surface area contributed by atoms with Gasteiger partial charge in [-0.05, 0) is 33.5 Å². The molecule has 4 aromatic rings. The number of aldehydes is 1. The van der Waals surface area contributed by atoms with Gasteiger partial charge >= 0.3 is 0 Å². The van der Waals surface area contributed by atoms with Crippen LogP contribution in [0.3, 0.4) is 0 Å². The van der Waals surface area contributed by atoms with Crippen molar-refractivity contribution in [1.29, 1.82) is 0 Å². The third-order valence-corrected chi connectivity index (χ3v) is 12.0. The van der Waals surface area contributed by atoms with E-state index < -0.39 is 8.32 Å². The summed E-state index contributed by atoms with van der Waals surface area (Å²) in [6, 6.07) is 27.6. The van der Waals surface area contributed by atoms with Crippen molar-refractivity contribution in [3.05, 3.63) is 95.1 Å². The van der Waals surface area contributed by atoms with Crippen LogP contribution in [-0.2, 0) is 11.0 Å². The Balaban J connectivity index is 1.67. The maximum absolute atomic E-state index is 11.6. The van der Waals surface area contributed by atoms with Gasteiger partial charge in [-0.3, -0.25) is 4.79 Å². The van der Waals surface area contributed by atoms with E-state index in [0.717, 1.165) is 33.8 Å². The lowest BCUT2D eigenvalue weighted by Crippen LogP contribution is -2.66. The van der Waals surface area contributed by atoms with Crippen LogP contribution in [0.5, 0.6) is 0 Å². The van der Waals surface area contributed by atoms with Crippen molar-refractivity contribution in [3.63, 3.8) is 0 Å². The Labute approximate surface area is 212 Å². The van der Waals surface area contributed by atoms with Crippen LogP contribution in [0.2, 0.25) is 5.04 Å². The van der Waals surface area contributed by atoms with Crippen LogP contribution in [0.25, 0.3) is 10.9 Å². The zero-order chi connectivity index (χ0) is 24.3. The lowest BCUT2D eigenvalue weighted by molar-refractivity contribution is 0.112. The van der Waals surface area contributed by atoms with Crippen LogP contribution in [0, 0.1) is 5.92 Å². The number of fused-ring (bicyclic) bond motifs is 1. The molecule has 34 heavy (non-hydrogen) atoms. The fraction of sp³-hybridized carbons (Fsp3) is 0.276. The first kappa shape index (κ1) is 24.6. The molecule has 176 valence electrons. The van der Waals surface area contributed by atoms with Crippen molar-refractivity contribution in [2.45, 2.75) is 39.3 Å². The van der Waals surface area contributed by atoms with Gasteiger partial charge in [0.2, 0.25) is 0 Å². The summed E-state index contributed by atoms with van der Waals surface area (Å²) in [6.45, 7) is 10.5. The second-order valence-electron chi connectivity index (χ2n) is 10.1. The fourth-order valence-electron chi connectivity index (χ4n) is 4.96. The summed E-state index contributed by atoms with van der Waals surface area (Å²) >= 11 is 3.57. The molecule has 0 saturated carbocycles. The first-order chi connectivity index (χ1) is 16.3. The molecular weight excluding hydrogens is 502 g/mol. The topological polar surface area (TPSA) is 31.2 Å². The molecule has 1 unspecified atom stereocenters. The molecular formula is C29H32BrNO2Si. The third kappa shape index (κ3) is 4.70. The summed E-state index contributed by atoms with van der Waals surface area (Å²) in [5, 5.41) is 3.52. The third-order valence-electron chi connectivity index (χ3n) is 6.51. The summed E-state index contributed by atoms with van der Waals surface area (Å²) in [4.78, 5) is 11.6. The van der Waals surface area contributed by atoms with Crippen molar-refractivity contribution in [3.8, 4) is 0 Å². The van der Waals surface area contributed by atoms with Gasteiger partial charge in [0, 0.05) is 40.3 Å². The van der Waals surface area contributed by atoms with E-state index in [1.54, 1.807) is 0 Å². The molecule has 1 aromatic heterocycles. The predicted molar refractivity (Wildman–Crippen MR) is 148 cm³/mol. The number of nitrogens with zero attached hydrogens (tertiary/aromatic N) is 1. The molecule has 4 rings (SSSR count). The molecule has 0 bridgehead atoms. The first-order valence-electron chi connectivity index (χ1n) is 11.7. The Morgan fingerprint density at radius 2 is 1.56 bits per heavy atom. The second kappa shape index (κ2) is 10.0. The molecule has 1 heterocycles. The highest BCUT2D eigenvalue weighted by Gasteiger charge is 2.50. The molecule has 3 aromatic carbocycles. The fourth-order valence-corrected chi connectivity index (χ4v) is 9.99. The minimum absolute atomic E-state index is 0.0505. The maximum atomic E-state index is 11.6. The Kier molecular flexibility index (Phi) is 7.27. The molecule has 0 aliphatic carbocycles. The van der Waals surface area contributed by atoms with Gasteiger partial charge in [0.05, 0.1) is 0 Å². The molecule has 0 N–H and O–H groups in total. The van der Waals surface area contributed by atoms with E-state index in [1.165, 1.54) is 10.4 Å². The summed E-state index contributed by atoms with van der Waals surface area (Å²) in [5.41, 5.74) is 1.79. The van der Waals surface area contributed by atoms with Gasteiger partial charge in [-0.15, -0.1) is 0 Å². The molecule has 1 atom stereocenters. The highest BCUT2D eigenvalue weighted by Crippen LogP contribution is 2.37. The van der Waals surface area contributed by atoms with E-state index in [2.05, 4.69) is 115 Å². The molecule has 5 heteroatoms. The average molecular weight is 535 g/mol. The van der Waals surface area contributed by atoms with Crippen LogP contribution in [-0.4, -0.2) is 25.8 Å². The number of carbonyl (C=O) groups excluding carboxylic acids is 1. The lowest BCUT2D eigenvalue weighted by atomic mass is 10.2. The van der Waals surface area contributed by atoms with Gasteiger partial charge in [0.15, 0.2) is 6.29 Å². The van der Waals surface area contributed by atoms with Gasteiger partial charge in [0.1, 0.15) is 0 Å². The molecule has 0 aliphatic heterocycles. The zero-order valence-corrected chi connectivity index (χ0v) is 22.9. The van der Waals surface area contributed by atoms with E-state index in [0.29, 0.717) is 6.61 Å². The monoisotopic (exact) mass is 533 g/mol. The average Bonchev–Trinajstić information content (AvgIpc) is 3.16. The summed E-state index contributed by atoms with van der Waals surface area (Å²) in [6.07, 6.45) is 2.90. The van der Waals surface area contributed by atoms with Crippen LogP contribution in [0.1, 0.15) is 38.1 Å². The Bertz CT molecular complexity index is 1220. The van der Waals surface area contributed by atoms with E-state index in [4.69, 9.17) is 4.43 Å². The van der Waals surface area contributed by atoms with Gasteiger partial charge in [-0.2, -0.15) is 0 Å². The Hall–Kier alpha value is -2.47. The molecule has 0 spiro atoms. The second-order valence-corrected chi connectivity index (χ2v) is 15.3. The predicted octanol–water partition coefficient (Wildman–Crippen LogP) is 6.43. The van der Waals surface area contributed by atoms with Crippen molar-refractivity contribution >= 4 is 51.8 Å². The van der Waals surface area contributed by atoms with Crippen LogP contribution >= 0.6 is 15.9 Å². The van der Waals surface area contributed by atoms with Gasteiger partial charge in [-0.1, -0.05) is 110 Å². The summed E-state index contributed by atoms with van der Waals surface area (Å²) < 4.78 is 10.3. The standard InChI is InChI=1S/C29H32BrNO2Si/c1-22(18-31-19-23(20-32)27-16-15-24(30)17-28(27)31)21-33-34(29(2,3)4,25-11-7-5-8-12-25)26-13-9-6-10-14-26/h5-17,19-20,22H,18,21H2,1-4H3. The van der Waals surface area contributed by atoms with Gasteiger partial charge in [0.25, 0.3) is 8.32 Å². The lowest BCUT2D eigenvalue weighted by Gasteiger charge is -2.43. The molecule has 0 aliphatic rings. The summed E-state index contributed by atoms with van der Waals surface area (Å²) in [7, 11) is -2.57. The smallest absolute Gasteiger partial charge is 0.261 e. The Morgan fingerprint density at radius 1 is 0.971 bits per heavy atom. The Morgan fingerprint density at radius 3 is 2.09 bits per heavy atom. The van der Waals surface area contributed by atoms with Crippen molar-refractivity contribution in [2.75, 3.05) is 6.61 Å². The van der Waals surface area contributed by atoms with E-state index in [-0.39, 0.29) is 11.0 Å². The molecule has 0 amide bonds. The molecule has 0 radical (unpaired) electrons. The van der Waals surface area contributed by atoms with Crippen LogP contribution < -0.4 is 10.4 Å². The van der Waals surface area contributed by atoms with E-state index in [9.17, 15) is 4.79 Å². The van der Waals surface area contributed by atoms with Crippen LogP contribution in [0.15, 0.2) is 89.5 Å². The molecule has 3 nitrogen and oxygen atoms in total. The van der Waals surface area contributed by atoms with Crippen molar-refractivity contribution < 1.29 is 9.22 Å². The zero-order valence-electron chi connectivity index (χ0n) is 20.3. The first-order valence-corrected chi connectivity index (χ1v) is 14.4. The number of benzene rings is 3. The summed E-state index contributed by atoms with van der Waals surface area (Å²) in [5.74, 6) is 0.260. The molecule has 0 saturated heterocycles. The van der Waals surface area contributed by atoms with Gasteiger partial charge in [-0.25, -0.2) is 0 Å². The number of hydrogen-bond acceptors (Lipinski definition) is 2. The van der Waals surface area contributed by atoms with Gasteiger partial charge < -0.3 is 8.99 Å². The van der Waals surface area contributed by atoms with E-state index >= 15 is 0 Å². The largest absolute Gasteiger partial charge is 0.407 e. The number of halogens is 1. The van der Waals surface area contributed by atoms with E-state index in [1.807, 2.05) is 18.3 Å². The normalized spacial score (nSPS) is 13.2.